The summed E-state index contributed by atoms with van der Waals surface area (Å²) in [7, 11) is 0. The van der Waals surface area contributed by atoms with Crippen LogP contribution in [0.4, 0.5) is 17.1 Å². The summed E-state index contributed by atoms with van der Waals surface area (Å²) < 4.78 is 0. The van der Waals surface area contributed by atoms with Crippen LogP contribution in [0.15, 0.2) is 72.8 Å². The summed E-state index contributed by atoms with van der Waals surface area (Å²) in [6, 6.07) is 22.4. The molecule has 3 aromatic rings. The van der Waals surface area contributed by atoms with Gasteiger partial charge in [0.05, 0.1) is 16.9 Å². The Kier molecular flexibility index (Phi) is 5.15. The van der Waals surface area contributed by atoms with Crippen LogP contribution in [0.25, 0.3) is 11.1 Å². The third kappa shape index (κ3) is 3.81. The lowest BCUT2D eigenvalue weighted by atomic mass is 10.0. The van der Waals surface area contributed by atoms with Gasteiger partial charge in [0.2, 0.25) is 0 Å². The lowest BCUT2D eigenvalue weighted by Gasteiger charge is -2.18. The van der Waals surface area contributed by atoms with Gasteiger partial charge in [-0.2, -0.15) is 0 Å². The van der Waals surface area contributed by atoms with Crippen LogP contribution in [0, 0.1) is 0 Å². The molecule has 0 aliphatic heterocycles. The molecule has 0 fully saturated rings. The minimum Gasteiger partial charge on any atom is -0.478 e. The fraction of sp³-hybridized carbons (Fsp3) is 0. The second-order valence-electron chi connectivity index (χ2n) is 5.56. The van der Waals surface area contributed by atoms with E-state index in [2.05, 4.69) is 10.6 Å². The summed E-state index contributed by atoms with van der Waals surface area (Å²) in [6.45, 7) is 0. The maximum atomic E-state index is 11.7. The molecule has 0 saturated carbocycles. The topological polar surface area (TPSA) is 87.4 Å². The molecule has 130 valence electrons. The molecule has 0 aliphatic rings. The average Bonchev–Trinajstić information content (AvgIpc) is 2.63. The SMILES string of the molecule is NC(=S)Nc1cccc(C(=O)O)c1Nc1ccccc1-c1ccccc1. The van der Waals surface area contributed by atoms with Crippen molar-refractivity contribution in [1.82, 2.24) is 0 Å². The predicted octanol–water partition coefficient (Wildman–Crippen LogP) is 4.45. The first-order valence-corrected chi connectivity index (χ1v) is 8.31. The van der Waals surface area contributed by atoms with Crippen LogP contribution in [0.5, 0.6) is 0 Å². The summed E-state index contributed by atoms with van der Waals surface area (Å²) in [5.74, 6) is -1.05. The average molecular weight is 363 g/mol. The van der Waals surface area contributed by atoms with Crippen LogP contribution in [0.3, 0.4) is 0 Å². The molecule has 5 nitrogen and oxygen atoms in total. The molecule has 6 heteroatoms. The Bertz CT molecular complexity index is 958. The highest BCUT2D eigenvalue weighted by atomic mass is 32.1. The zero-order valence-electron chi connectivity index (χ0n) is 13.8. The van der Waals surface area contributed by atoms with E-state index >= 15 is 0 Å². The Morgan fingerprint density at radius 2 is 1.54 bits per heavy atom. The van der Waals surface area contributed by atoms with Gasteiger partial charge in [-0.1, -0.05) is 54.6 Å². The van der Waals surface area contributed by atoms with E-state index in [1.165, 1.54) is 6.07 Å². The summed E-state index contributed by atoms with van der Waals surface area (Å²) in [6.07, 6.45) is 0. The minimum absolute atomic E-state index is 0.0620. The maximum absolute atomic E-state index is 11.7. The number of aromatic carboxylic acids is 1. The molecular formula is C20H17N3O2S. The van der Waals surface area contributed by atoms with Gasteiger partial charge in [0.1, 0.15) is 0 Å². The van der Waals surface area contributed by atoms with Gasteiger partial charge in [0.25, 0.3) is 0 Å². The number of carbonyl (C=O) groups is 1. The van der Waals surface area contributed by atoms with Gasteiger partial charge in [0, 0.05) is 11.3 Å². The number of para-hydroxylation sites is 2. The number of carboxylic acid groups (broad SMARTS) is 1. The predicted molar refractivity (Wildman–Crippen MR) is 109 cm³/mol. The van der Waals surface area contributed by atoms with Crippen molar-refractivity contribution in [2.24, 2.45) is 5.73 Å². The molecule has 26 heavy (non-hydrogen) atoms. The van der Waals surface area contributed by atoms with Crippen molar-refractivity contribution in [3.63, 3.8) is 0 Å². The largest absolute Gasteiger partial charge is 0.478 e. The van der Waals surface area contributed by atoms with E-state index in [0.29, 0.717) is 11.4 Å². The fourth-order valence-electron chi connectivity index (χ4n) is 2.70. The minimum atomic E-state index is -1.05. The number of benzene rings is 3. The van der Waals surface area contributed by atoms with Gasteiger partial charge in [-0.25, -0.2) is 4.79 Å². The van der Waals surface area contributed by atoms with Crippen molar-refractivity contribution < 1.29 is 9.90 Å². The Morgan fingerprint density at radius 3 is 2.23 bits per heavy atom. The van der Waals surface area contributed by atoms with E-state index in [1.54, 1.807) is 12.1 Å². The van der Waals surface area contributed by atoms with E-state index in [9.17, 15) is 9.90 Å². The number of carboxylic acids is 1. The van der Waals surface area contributed by atoms with Crippen LogP contribution in [-0.2, 0) is 0 Å². The van der Waals surface area contributed by atoms with Crippen molar-refractivity contribution in [2.45, 2.75) is 0 Å². The molecule has 0 bridgehead atoms. The number of nitrogens with two attached hydrogens (primary N) is 1. The number of nitrogens with one attached hydrogen (secondary N) is 2. The molecule has 0 spiro atoms. The van der Waals surface area contributed by atoms with Gasteiger partial charge in [-0.05, 0) is 36.0 Å². The molecule has 0 radical (unpaired) electrons. The number of hydrogen-bond acceptors (Lipinski definition) is 3. The first kappa shape index (κ1) is 17.4. The van der Waals surface area contributed by atoms with Crippen LogP contribution < -0.4 is 16.4 Å². The Hall–Kier alpha value is -3.38. The monoisotopic (exact) mass is 363 g/mol. The first-order valence-electron chi connectivity index (χ1n) is 7.90. The molecule has 5 N–H and O–H groups in total. The van der Waals surface area contributed by atoms with Gasteiger partial charge in [-0.3, -0.25) is 0 Å². The van der Waals surface area contributed by atoms with Crippen LogP contribution in [0.2, 0.25) is 0 Å². The van der Waals surface area contributed by atoms with E-state index in [-0.39, 0.29) is 10.7 Å². The number of rotatable bonds is 5. The maximum Gasteiger partial charge on any atom is 0.337 e. The Morgan fingerprint density at radius 1 is 0.885 bits per heavy atom. The van der Waals surface area contributed by atoms with Gasteiger partial charge in [-0.15, -0.1) is 0 Å². The van der Waals surface area contributed by atoms with E-state index < -0.39 is 5.97 Å². The second kappa shape index (κ2) is 7.67. The van der Waals surface area contributed by atoms with Crippen molar-refractivity contribution in [3.8, 4) is 11.1 Å². The fourth-order valence-corrected chi connectivity index (χ4v) is 2.81. The molecule has 0 atom stereocenters. The smallest absolute Gasteiger partial charge is 0.337 e. The van der Waals surface area contributed by atoms with Crippen molar-refractivity contribution in [1.29, 1.82) is 0 Å². The molecule has 0 aliphatic carbocycles. The first-order chi connectivity index (χ1) is 12.6. The highest BCUT2D eigenvalue weighted by Crippen LogP contribution is 2.34. The highest BCUT2D eigenvalue weighted by molar-refractivity contribution is 7.80. The van der Waals surface area contributed by atoms with Gasteiger partial charge >= 0.3 is 5.97 Å². The molecule has 0 heterocycles. The standard InChI is InChI=1S/C20H17N3O2S/c21-20(26)23-17-12-6-10-15(19(24)25)18(17)22-16-11-5-4-9-14(16)13-7-2-1-3-8-13/h1-12,22H,(H,24,25)(H3,21,23,26). The van der Waals surface area contributed by atoms with Crippen LogP contribution in [0.1, 0.15) is 10.4 Å². The van der Waals surface area contributed by atoms with Crippen LogP contribution >= 0.6 is 12.2 Å². The summed E-state index contributed by atoms with van der Waals surface area (Å²) in [5.41, 5.74) is 9.35. The summed E-state index contributed by atoms with van der Waals surface area (Å²) in [5, 5.41) is 15.7. The van der Waals surface area contributed by atoms with Crippen molar-refractivity contribution in [2.75, 3.05) is 10.6 Å². The zero-order chi connectivity index (χ0) is 18.5. The normalized spacial score (nSPS) is 10.2. The lowest BCUT2D eigenvalue weighted by molar-refractivity contribution is 0.0698. The number of thiocarbonyl (C=S) groups is 1. The van der Waals surface area contributed by atoms with E-state index in [1.807, 2.05) is 54.6 Å². The molecule has 0 unspecified atom stereocenters. The van der Waals surface area contributed by atoms with Gasteiger partial charge in [0.15, 0.2) is 5.11 Å². The second-order valence-corrected chi connectivity index (χ2v) is 6.00. The Labute approximate surface area is 156 Å². The summed E-state index contributed by atoms with van der Waals surface area (Å²) in [4.78, 5) is 11.7. The number of hydrogen-bond donors (Lipinski definition) is 4. The quantitative estimate of drug-likeness (QED) is 0.501. The molecule has 0 amide bonds. The van der Waals surface area contributed by atoms with Gasteiger partial charge < -0.3 is 21.5 Å². The summed E-state index contributed by atoms with van der Waals surface area (Å²) >= 11 is 4.90. The molecule has 0 aromatic heterocycles. The zero-order valence-corrected chi connectivity index (χ0v) is 14.6. The van der Waals surface area contributed by atoms with E-state index in [0.717, 1.165) is 16.8 Å². The molecule has 0 saturated heterocycles. The van der Waals surface area contributed by atoms with Crippen molar-refractivity contribution >= 4 is 40.4 Å². The highest BCUT2D eigenvalue weighted by Gasteiger charge is 2.16. The molecular weight excluding hydrogens is 346 g/mol. The van der Waals surface area contributed by atoms with Crippen LogP contribution in [-0.4, -0.2) is 16.2 Å². The Balaban J connectivity index is 2.10. The number of anilines is 3. The third-order valence-corrected chi connectivity index (χ3v) is 3.93. The molecule has 3 aromatic carbocycles. The third-order valence-electron chi connectivity index (χ3n) is 3.82. The lowest BCUT2D eigenvalue weighted by Crippen LogP contribution is -2.20. The van der Waals surface area contributed by atoms with Crippen molar-refractivity contribution in [3.05, 3.63) is 78.4 Å². The molecule has 3 rings (SSSR count). The van der Waals surface area contributed by atoms with E-state index in [4.69, 9.17) is 18.0 Å².